The summed E-state index contributed by atoms with van der Waals surface area (Å²) in [6.07, 6.45) is 0. The highest BCUT2D eigenvalue weighted by molar-refractivity contribution is 6.16. The van der Waals surface area contributed by atoms with E-state index in [0.29, 0.717) is 11.7 Å². The number of nitrogens with zero attached hydrogens (tertiary/aromatic N) is 2. The molecule has 48 valence electrons. The first-order valence-corrected chi connectivity index (χ1v) is 3.00. The molecule has 0 aromatic carbocycles. The molecule has 1 rings (SSSR count). The molecule has 0 aliphatic carbocycles. The summed E-state index contributed by atoms with van der Waals surface area (Å²) in [6, 6.07) is 3.42. The number of hydrogen-bond donors (Lipinski definition) is 1. The van der Waals surface area contributed by atoms with E-state index in [2.05, 4.69) is 10.2 Å². The fraction of sp³-hybridized carbons (Fsp3) is 0.200. The minimum absolute atomic E-state index is 0.382. The second-order valence-corrected chi connectivity index (χ2v) is 1.85. The molecule has 1 aromatic rings. The van der Waals surface area contributed by atoms with Gasteiger partial charge in [0.25, 0.3) is 0 Å². The van der Waals surface area contributed by atoms with Gasteiger partial charge in [0, 0.05) is 0 Å². The van der Waals surface area contributed by atoms with E-state index in [9.17, 15) is 0 Å². The predicted molar refractivity (Wildman–Crippen MR) is 36.0 cm³/mol. The van der Waals surface area contributed by atoms with Gasteiger partial charge in [-0.1, -0.05) is 0 Å². The first-order valence-electron chi connectivity index (χ1n) is 2.47. The molecule has 0 aliphatic rings. The Hall–Kier alpha value is -0.830. The first kappa shape index (κ1) is 6.29. The fourth-order valence-electron chi connectivity index (χ4n) is 0.441. The maximum atomic E-state index is 5.44. The van der Waals surface area contributed by atoms with Crippen LogP contribution in [0.15, 0.2) is 12.1 Å². The van der Waals surface area contributed by atoms with Crippen molar-refractivity contribution in [1.29, 1.82) is 0 Å². The molecule has 3 nitrogen and oxygen atoms in total. The molecular weight excluding hydrogens is 138 g/mol. The Morgan fingerprint density at radius 2 is 2.22 bits per heavy atom. The Balaban J connectivity index is 2.88. The van der Waals surface area contributed by atoms with Gasteiger partial charge in [-0.05, 0) is 12.1 Å². The molecule has 0 aliphatic heterocycles. The Bertz CT molecular complexity index is 184. The van der Waals surface area contributed by atoms with E-state index < -0.39 is 0 Å². The van der Waals surface area contributed by atoms with Crippen LogP contribution >= 0.6 is 11.6 Å². The van der Waals surface area contributed by atoms with E-state index in [-0.39, 0.29) is 0 Å². The summed E-state index contributed by atoms with van der Waals surface area (Å²) in [5, 5.41) is 7.28. The molecule has 2 N–H and O–H groups in total. The third kappa shape index (κ3) is 1.54. The lowest BCUT2D eigenvalue weighted by Gasteiger charge is -1.90. The average molecular weight is 144 g/mol. The normalized spacial score (nSPS) is 9.44. The van der Waals surface area contributed by atoms with Crippen LogP contribution in [0.4, 0.5) is 5.82 Å². The summed E-state index contributed by atoms with van der Waals surface area (Å²) in [5.41, 5.74) is 6.01. The van der Waals surface area contributed by atoms with Gasteiger partial charge >= 0.3 is 0 Å². The lowest BCUT2D eigenvalue weighted by Crippen LogP contribution is -1.94. The Morgan fingerprint density at radius 3 is 2.67 bits per heavy atom. The van der Waals surface area contributed by atoms with Gasteiger partial charge in [0.15, 0.2) is 0 Å². The first-order chi connectivity index (χ1) is 4.33. The zero-order valence-electron chi connectivity index (χ0n) is 4.71. The van der Waals surface area contributed by atoms with Gasteiger partial charge in [-0.2, -0.15) is 5.10 Å². The van der Waals surface area contributed by atoms with E-state index in [4.69, 9.17) is 17.3 Å². The SMILES string of the molecule is Nc1ccc(CCl)nn1. The monoisotopic (exact) mass is 143 g/mol. The van der Waals surface area contributed by atoms with Crippen molar-refractivity contribution in [2.45, 2.75) is 5.88 Å². The number of aromatic nitrogens is 2. The fourth-order valence-corrected chi connectivity index (χ4v) is 0.584. The molecule has 0 saturated carbocycles. The standard InChI is InChI=1S/C5H6ClN3/c6-3-4-1-2-5(7)9-8-4/h1-2H,3H2,(H2,7,9). The van der Waals surface area contributed by atoms with Crippen molar-refractivity contribution in [3.8, 4) is 0 Å². The van der Waals surface area contributed by atoms with Crippen LogP contribution in [0.1, 0.15) is 5.69 Å². The summed E-state index contributed by atoms with van der Waals surface area (Å²) in [4.78, 5) is 0. The number of hydrogen-bond acceptors (Lipinski definition) is 3. The lowest BCUT2D eigenvalue weighted by molar-refractivity contribution is 0.978. The van der Waals surface area contributed by atoms with Crippen LogP contribution in [0.3, 0.4) is 0 Å². The predicted octanol–water partition coefficient (Wildman–Crippen LogP) is 0.798. The second kappa shape index (κ2) is 2.64. The third-order valence-electron chi connectivity index (χ3n) is 0.877. The largest absolute Gasteiger partial charge is 0.382 e. The van der Waals surface area contributed by atoms with Crippen molar-refractivity contribution in [3.63, 3.8) is 0 Å². The van der Waals surface area contributed by atoms with Crippen LogP contribution in [-0.4, -0.2) is 10.2 Å². The minimum atomic E-state index is 0.382. The van der Waals surface area contributed by atoms with Gasteiger partial charge in [0.05, 0.1) is 11.6 Å². The van der Waals surface area contributed by atoms with Gasteiger partial charge in [-0.25, -0.2) is 0 Å². The van der Waals surface area contributed by atoms with Crippen LogP contribution < -0.4 is 5.73 Å². The van der Waals surface area contributed by atoms with Crippen molar-refractivity contribution in [2.24, 2.45) is 0 Å². The number of halogens is 1. The highest BCUT2D eigenvalue weighted by Gasteiger charge is 1.89. The Kier molecular flexibility index (Phi) is 1.85. The molecule has 1 heterocycles. The van der Waals surface area contributed by atoms with Crippen LogP contribution in [-0.2, 0) is 5.88 Å². The van der Waals surface area contributed by atoms with E-state index >= 15 is 0 Å². The topological polar surface area (TPSA) is 51.8 Å². The number of alkyl halides is 1. The maximum Gasteiger partial charge on any atom is 0.146 e. The molecule has 0 amide bonds. The summed E-state index contributed by atoms with van der Waals surface area (Å²) >= 11 is 5.44. The molecule has 0 spiro atoms. The van der Waals surface area contributed by atoms with Crippen LogP contribution in [0.5, 0.6) is 0 Å². The molecule has 0 fully saturated rings. The molecular formula is C5H6ClN3. The highest BCUT2D eigenvalue weighted by atomic mass is 35.5. The Morgan fingerprint density at radius 1 is 1.44 bits per heavy atom. The Labute approximate surface area is 57.8 Å². The summed E-state index contributed by atoms with van der Waals surface area (Å²) < 4.78 is 0. The summed E-state index contributed by atoms with van der Waals surface area (Å²) in [5.74, 6) is 0.802. The molecule has 0 atom stereocenters. The van der Waals surface area contributed by atoms with E-state index in [0.717, 1.165) is 5.69 Å². The number of nitrogens with two attached hydrogens (primary N) is 1. The van der Waals surface area contributed by atoms with Crippen LogP contribution in [0.2, 0.25) is 0 Å². The van der Waals surface area contributed by atoms with Crippen molar-refractivity contribution < 1.29 is 0 Å². The highest BCUT2D eigenvalue weighted by Crippen LogP contribution is 1.99. The van der Waals surface area contributed by atoms with Gasteiger partial charge in [-0.3, -0.25) is 0 Å². The van der Waals surface area contributed by atoms with E-state index in [1.54, 1.807) is 12.1 Å². The van der Waals surface area contributed by atoms with Crippen molar-refractivity contribution in [1.82, 2.24) is 10.2 Å². The molecule has 0 unspecified atom stereocenters. The second-order valence-electron chi connectivity index (χ2n) is 1.58. The molecule has 4 heteroatoms. The smallest absolute Gasteiger partial charge is 0.146 e. The zero-order chi connectivity index (χ0) is 6.69. The molecule has 0 radical (unpaired) electrons. The third-order valence-corrected chi connectivity index (χ3v) is 1.15. The van der Waals surface area contributed by atoms with Gasteiger partial charge in [-0.15, -0.1) is 16.7 Å². The van der Waals surface area contributed by atoms with Gasteiger partial charge in [0.1, 0.15) is 5.82 Å². The van der Waals surface area contributed by atoms with E-state index in [1.165, 1.54) is 0 Å². The van der Waals surface area contributed by atoms with Crippen molar-refractivity contribution >= 4 is 17.4 Å². The number of rotatable bonds is 1. The lowest BCUT2D eigenvalue weighted by atomic mass is 10.4. The number of anilines is 1. The molecule has 0 bridgehead atoms. The zero-order valence-corrected chi connectivity index (χ0v) is 5.47. The van der Waals surface area contributed by atoms with Crippen molar-refractivity contribution in [3.05, 3.63) is 17.8 Å². The molecule has 9 heavy (non-hydrogen) atoms. The van der Waals surface area contributed by atoms with E-state index in [1.807, 2.05) is 0 Å². The van der Waals surface area contributed by atoms with Gasteiger partial charge < -0.3 is 5.73 Å². The van der Waals surface area contributed by atoms with Crippen molar-refractivity contribution in [2.75, 3.05) is 5.73 Å². The summed E-state index contributed by atoms with van der Waals surface area (Å²) in [7, 11) is 0. The minimum Gasteiger partial charge on any atom is -0.382 e. The quantitative estimate of drug-likeness (QED) is 0.592. The number of nitrogen functional groups attached to an aromatic ring is 1. The van der Waals surface area contributed by atoms with Gasteiger partial charge in [0.2, 0.25) is 0 Å². The maximum absolute atomic E-state index is 5.44. The molecule has 0 saturated heterocycles. The molecule has 1 aromatic heterocycles. The summed E-state index contributed by atoms with van der Waals surface area (Å²) in [6.45, 7) is 0. The van der Waals surface area contributed by atoms with Crippen LogP contribution in [0, 0.1) is 0 Å². The van der Waals surface area contributed by atoms with Crippen LogP contribution in [0.25, 0.3) is 0 Å². The average Bonchev–Trinajstić information content (AvgIpc) is 1.90.